The van der Waals surface area contributed by atoms with Crippen LogP contribution in [0.2, 0.25) is 0 Å². The van der Waals surface area contributed by atoms with Crippen molar-refractivity contribution in [2.45, 2.75) is 23.3 Å². The fourth-order valence-corrected chi connectivity index (χ4v) is 4.20. The molecule has 118 valence electrons. The summed E-state index contributed by atoms with van der Waals surface area (Å²) in [5.74, 6) is 0.533. The van der Waals surface area contributed by atoms with E-state index in [1.54, 1.807) is 12.1 Å². The molecule has 1 aromatic rings. The fraction of sp³-hybridized carbons (Fsp3) is 0.400. The Labute approximate surface area is 142 Å². The lowest BCUT2D eigenvalue weighted by Gasteiger charge is -2.31. The van der Waals surface area contributed by atoms with Crippen LogP contribution in [0, 0.1) is 0 Å². The van der Waals surface area contributed by atoms with Crippen molar-refractivity contribution in [3.8, 4) is 0 Å². The number of ketones is 1. The summed E-state index contributed by atoms with van der Waals surface area (Å²) in [6.07, 6.45) is 2.25. The zero-order valence-electron chi connectivity index (χ0n) is 12.0. The van der Waals surface area contributed by atoms with Crippen LogP contribution < -0.4 is 0 Å². The molecular formula is C15H15IO5S. The highest BCUT2D eigenvalue weighted by Crippen LogP contribution is 2.44. The maximum absolute atomic E-state index is 12.6. The van der Waals surface area contributed by atoms with Crippen LogP contribution in [-0.2, 0) is 24.1 Å². The number of benzene rings is 1. The highest BCUT2D eigenvalue weighted by atomic mass is 127. The molecule has 1 fully saturated rings. The smallest absolute Gasteiger partial charge is 0.216 e. The zero-order valence-corrected chi connectivity index (χ0v) is 14.9. The van der Waals surface area contributed by atoms with E-state index in [2.05, 4.69) is 0 Å². The fourth-order valence-electron chi connectivity index (χ4n) is 2.66. The minimum Gasteiger partial charge on any atom is -0.477 e. The van der Waals surface area contributed by atoms with Gasteiger partial charge in [-0.15, -0.1) is 0 Å². The van der Waals surface area contributed by atoms with E-state index in [1.807, 2.05) is 22.6 Å². The third-order valence-corrected chi connectivity index (χ3v) is 6.06. The Bertz CT molecular complexity index is 743. The normalized spacial score (nSPS) is 21.3. The van der Waals surface area contributed by atoms with Crippen molar-refractivity contribution < 1.29 is 22.7 Å². The van der Waals surface area contributed by atoms with Crippen LogP contribution in [0.5, 0.6) is 0 Å². The molecule has 1 spiro atoms. The molecule has 0 saturated carbocycles. The Kier molecular flexibility index (Phi) is 4.07. The molecule has 0 bridgehead atoms. The van der Waals surface area contributed by atoms with E-state index >= 15 is 0 Å². The number of hydrogen-bond acceptors (Lipinski definition) is 5. The minimum atomic E-state index is -3.24. The number of sulfone groups is 1. The summed E-state index contributed by atoms with van der Waals surface area (Å²) >= 11 is 2.01. The Morgan fingerprint density at radius 2 is 1.73 bits per heavy atom. The third kappa shape index (κ3) is 2.69. The molecule has 2 heterocycles. The highest BCUT2D eigenvalue weighted by Gasteiger charge is 2.49. The summed E-state index contributed by atoms with van der Waals surface area (Å²) in [4.78, 5) is 12.8. The number of carbonyl (C=O) groups excluding carboxylic acids is 1. The number of halogens is 1. The second-order valence-electron chi connectivity index (χ2n) is 5.48. The van der Waals surface area contributed by atoms with E-state index in [1.165, 1.54) is 12.1 Å². The predicted octanol–water partition coefficient (Wildman–Crippen LogP) is 2.34. The quantitative estimate of drug-likeness (QED) is 0.669. The van der Waals surface area contributed by atoms with Crippen LogP contribution in [0.3, 0.4) is 0 Å². The topological polar surface area (TPSA) is 69.7 Å². The van der Waals surface area contributed by atoms with Gasteiger partial charge in [0, 0.05) is 24.7 Å². The van der Waals surface area contributed by atoms with Gasteiger partial charge in [-0.3, -0.25) is 4.79 Å². The first-order valence-corrected chi connectivity index (χ1v) is 9.82. The van der Waals surface area contributed by atoms with E-state index in [-0.39, 0.29) is 10.7 Å². The highest BCUT2D eigenvalue weighted by molar-refractivity contribution is 14.1. The number of ether oxygens (including phenoxy) is 2. The summed E-state index contributed by atoms with van der Waals surface area (Å²) in [6.45, 7) is 1.02. The average molecular weight is 434 g/mol. The van der Waals surface area contributed by atoms with Crippen molar-refractivity contribution in [2.75, 3.05) is 19.5 Å². The molecule has 22 heavy (non-hydrogen) atoms. The molecule has 0 N–H and O–H groups in total. The van der Waals surface area contributed by atoms with Crippen molar-refractivity contribution in [1.29, 1.82) is 0 Å². The minimum absolute atomic E-state index is 0.00131. The van der Waals surface area contributed by atoms with Gasteiger partial charge in [0.05, 0.1) is 18.1 Å². The van der Waals surface area contributed by atoms with Crippen LogP contribution in [0.4, 0.5) is 0 Å². The first-order valence-electron chi connectivity index (χ1n) is 6.85. The summed E-state index contributed by atoms with van der Waals surface area (Å²) in [5, 5.41) is 0. The monoisotopic (exact) mass is 434 g/mol. The van der Waals surface area contributed by atoms with Gasteiger partial charge in [-0.05, 0) is 46.9 Å². The molecule has 0 unspecified atom stereocenters. The van der Waals surface area contributed by atoms with Crippen LogP contribution in [0.15, 0.2) is 32.7 Å². The third-order valence-electron chi connectivity index (χ3n) is 3.96. The molecular weight excluding hydrogens is 419 g/mol. The van der Waals surface area contributed by atoms with Crippen molar-refractivity contribution in [3.63, 3.8) is 0 Å². The van der Waals surface area contributed by atoms with Gasteiger partial charge in [0.1, 0.15) is 9.34 Å². The number of carbonyl (C=O) groups is 1. The lowest BCUT2D eigenvalue weighted by Crippen LogP contribution is -2.42. The standard InChI is InChI=1S/C15H15IO5S/c1-22(18,19)11-4-2-10(3-5-11)13-12(16)14(17)15(21-13)6-8-20-9-7-15/h2-5H,6-9H2,1H3. The van der Waals surface area contributed by atoms with Crippen molar-refractivity contribution >= 4 is 44.0 Å². The zero-order chi connectivity index (χ0) is 16.0. The van der Waals surface area contributed by atoms with E-state index in [9.17, 15) is 13.2 Å². The molecule has 0 aromatic heterocycles. The van der Waals surface area contributed by atoms with E-state index in [0.717, 1.165) is 6.26 Å². The summed E-state index contributed by atoms with van der Waals surface area (Å²) < 4.78 is 34.9. The van der Waals surface area contributed by atoms with Gasteiger partial charge in [-0.2, -0.15) is 0 Å². The van der Waals surface area contributed by atoms with Crippen molar-refractivity contribution in [3.05, 3.63) is 33.4 Å². The molecule has 0 atom stereocenters. The van der Waals surface area contributed by atoms with Gasteiger partial charge in [-0.25, -0.2) is 8.42 Å². The molecule has 0 amide bonds. The molecule has 1 aromatic carbocycles. The maximum Gasteiger partial charge on any atom is 0.216 e. The molecule has 0 aliphatic carbocycles. The number of rotatable bonds is 2. The SMILES string of the molecule is CS(=O)(=O)c1ccc(C2=C(I)C(=O)C3(CCOCC3)O2)cc1. The lowest BCUT2D eigenvalue weighted by molar-refractivity contribution is -0.137. The largest absolute Gasteiger partial charge is 0.477 e. The van der Waals surface area contributed by atoms with Gasteiger partial charge in [0.2, 0.25) is 5.78 Å². The van der Waals surface area contributed by atoms with E-state index < -0.39 is 15.4 Å². The second-order valence-corrected chi connectivity index (χ2v) is 8.57. The molecule has 2 aliphatic heterocycles. The number of Topliss-reactive ketones (excluding diaryl/α,β-unsaturated/α-hetero) is 1. The van der Waals surface area contributed by atoms with E-state index in [0.29, 0.717) is 41.0 Å². The summed E-state index contributed by atoms with van der Waals surface area (Å²) in [7, 11) is -3.24. The molecule has 5 nitrogen and oxygen atoms in total. The lowest BCUT2D eigenvalue weighted by atomic mass is 9.90. The van der Waals surface area contributed by atoms with Gasteiger partial charge >= 0.3 is 0 Å². The molecule has 2 aliphatic rings. The number of hydrogen-bond donors (Lipinski definition) is 0. The van der Waals surface area contributed by atoms with Crippen LogP contribution in [0.25, 0.3) is 5.76 Å². The molecule has 1 saturated heterocycles. The first-order chi connectivity index (χ1) is 10.3. The predicted molar refractivity (Wildman–Crippen MR) is 89.4 cm³/mol. The van der Waals surface area contributed by atoms with Gasteiger partial charge < -0.3 is 9.47 Å². The van der Waals surface area contributed by atoms with E-state index in [4.69, 9.17) is 9.47 Å². The Morgan fingerprint density at radius 1 is 1.14 bits per heavy atom. The summed E-state index contributed by atoms with van der Waals surface area (Å²) in [6, 6.07) is 6.42. The Morgan fingerprint density at radius 3 is 2.27 bits per heavy atom. The molecule has 3 rings (SSSR count). The van der Waals surface area contributed by atoms with Crippen LogP contribution >= 0.6 is 22.6 Å². The first kappa shape index (κ1) is 15.9. The van der Waals surface area contributed by atoms with Gasteiger partial charge in [0.25, 0.3) is 0 Å². The Hall–Kier alpha value is -0.930. The molecule has 0 radical (unpaired) electrons. The van der Waals surface area contributed by atoms with Gasteiger partial charge in [0.15, 0.2) is 15.4 Å². The Balaban J connectivity index is 1.93. The summed E-state index contributed by atoms with van der Waals surface area (Å²) in [5.41, 5.74) is -0.0897. The van der Waals surface area contributed by atoms with Crippen LogP contribution in [0.1, 0.15) is 18.4 Å². The second kappa shape index (κ2) is 5.61. The molecule has 7 heteroatoms. The van der Waals surface area contributed by atoms with Crippen molar-refractivity contribution in [1.82, 2.24) is 0 Å². The van der Waals surface area contributed by atoms with Gasteiger partial charge in [-0.1, -0.05) is 0 Å². The average Bonchev–Trinajstić information content (AvgIpc) is 2.73. The maximum atomic E-state index is 12.6. The van der Waals surface area contributed by atoms with Crippen LogP contribution in [-0.4, -0.2) is 39.3 Å². The van der Waals surface area contributed by atoms with Crippen molar-refractivity contribution in [2.24, 2.45) is 0 Å².